The summed E-state index contributed by atoms with van der Waals surface area (Å²) < 4.78 is 25.8. The number of benzene rings is 1. The van der Waals surface area contributed by atoms with E-state index in [1.54, 1.807) is 0 Å². The van der Waals surface area contributed by atoms with Crippen molar-refractivity contribution in [2.45, 2.75) is 4.90 Å². The van der Waals surface area contributed by atoms with E-state index in [1.165, 1.54) is 31.3 Å². The second kappa shape index (κ2) is 5.59. The fourth-order valence-electron chi connectivity index (χ4n) is 1.89. The van der Waals surface area contributed by atoms with Gasteiger partial charge in [-0.15, -0.1) is 0 Å². The fourth-order valence-corrected chi connectivity index (χ4v) is 3.29. The fraction of sp³-hybridized carbons (Fsp3) is 0.333. The second-order valence-electron chi connectivity index (χ2n) is 4.29. The van der Waals surface area contributed by atoms with E-state index < -0.39 is 10.0 Å². The lowest BCUT2D eigenvalue weighted by Crippen LogP contribution is -2.49. The van der Waals surface area contributed by atoms with Crippen LogP contribution < -0.4 is 10.6 Å². The third kappa shape index (κ3) is 2.81. The summed E-state index contributed by atoms with van der Waals surface area (Å²) >= 11 is 0. The molecule has 0 aromatic heterocycles. The van der Waals surface area contributed by atoms with Crippen LogP contribution in [-0.4, -0.2) is 51.2 Å². The molecule has 1 aromatic carbocycles. The molecule has 0 unspecified atom stereocenters. The molecule has 0 aliphatic carbocycles. The quantitative estimate of drug-likeness (QED) is 0.761. The van der Waals surface area contributed by atoms with Crippen molar-refractivity contribution in [2.75, 3.05) is 26.7 Å². The van der Waals surface area contributed by atoms with Gasteiger partial charge in [0.1, 0.15) is 0 Å². The van der Waals surface area contributed by atoms with Gasteiger partial charge in [0.25, 0.3) is 5.91 Å². The number of amides is 2. The van der Waals surface area contributed by atoms with Gasteiger partial charge in [-0.1, -0.05) is 0 Å². The standard InChI is InChI=1S/C12H15N3O4S/c1-13-12(17)9-2-4-10(5-3-9)20(18,19)15-7-6-14-11(16)8-15/h2-5H,6-8H2,1H3,(H,13,17)(H,14,16). The third-order valence-corrected chi connectivity index (χ3v) is 4.84. The Morgan fingerprint density at radius 1 is 1.30 bits per heavy atom. The molecule has 20 heavy (non-hydrogen) atoms. The zero-order valence-corrected chi connectivity index (χ0v) is 11.7. The van der Waals surface area contributed by atoms with Crippen LogP contribution in [0.2, 0.25) is 0 Å². The van der Waals surface area contributed by atoms with Crippen molar-refractivity contribution >= 4 is 21.8 Å². The number of hydrogen-bond donors (Lipinski definition) is 2. The van der Waals surface area contributed by atoms with Gasteiger partial charge in [0.05, 0.1) is 11.4 Å². The van der Waals surface area contributed by atoms with Crippen molar-refractivity contribution in [1.82, 2.24) is 14.9 Å². The lowest BCUT2D eigenvalue weighted by atomic mass is 10.2. The van der Waals surface area contributed by atoms with Gasteiger partial charge in [-0.2, -0.15) is 4.31 Å². The monoisotopic (exact) mass is 297 g/mol. The minimum absolute atomic E-state index is 0.0693. The van der Waals surface area contributed by atoms with Crippen LogP contribution in [0, 0.1) is 0 Å². The number of piperazine rings is 1. The number of carbonyl (C=O) groups is 2. The maximum absolute atomic E-state index is 12.3. The van der Waals surface area contributed by atoms with E-state index in [0.29, 0.717) is 12.1 Å². The highest BCUT2D eigenvalue weighted by Gasteiger charge is 2.29. The van der Waals surface area contributed by atoms with Crippen LogP contribution in [0.15, 0.2) is 29.2 Å². The van der Waals surface area contributed by atoms with E-state index in [4.69, 9.17) is 0 Å². The van der Waals surface area contributed by atoms with Crippen molar-refractivity contribution in [3.8, 4) is 0 Å². The Morgan fingerprint density at radius 2 is 1.95 bits per heavy atom. The van der Waals surface area contributed by atoms with E-state index >= 15 is 0 Å². The summed E-state index contributed by atoms with van der Waals surface area (Å²) in [6.45, 7) is 0.360. The Morgan fingerprint density at radius 3 is 2.50 bits per heavy atom. The summed E-state index contributed by atoms with van der Waals surface area (Å²) in [6.07, 6.45) is 0. The predicted octanol–water partition coefficient (Wildman–Crippen LogP) is -0.833. The topological polar surface area (TPSA) is 95.6 Å². The normalized spacial score (nSPS) is 16.6. The zero-order valence-electron chi connectivity index (χ0n) is 10.9. The summed E-state index contributed by atoms with van der Waals surface area (Å²) in [5.74, 6) is -0.604. The van der Waals surface area contributed by atoms with Crippen LogP contribution in [0.5, 0.6) is 0 Å². The third-order valence-electron chi connectivity index (χ3n) is 2.98. The molecule has 0 radical (unpaired) electrons. The lowest BCUT2D eigenvalue weighted by Gasteiger charge is -2.25. The molecule has 1 fully saturated rings. The average Bonchev–Trinajstić information content (AvgIpc) is 2.46. The van der Waals surface area contributed by atoms with Crippen LogP contribution in [-0.2, 0) is 14.8 Å². The number of hydrogen-bond acceptors (Lipinski definition) is 4. The van der Waals surface area contributed by atoms with Crippen molar-refractivity contribution in [2.24, 2.45) is 0 Å². The maximum Gasteiger partial charge on any atom is 0.251 e. The SMILES string of the molecule is CNC(=O)c1ccc(S(=O)(=O)N2CCNC(=O)C2)cc1. The summed E-state index contributed by atoms with van der Waals surface area (Å²) in [5.41, 5.74) is 0.378. The molecule has 1 aromatic rings. The van der Waals surface area contributed by atoms with Gasteiger partial charge in [-0.3, -0.25) is 9.59 Å². The lowest BCUT2D eigenvalue weighted by molar-refractivity contribution is -0.122. The van der Waals surface area contributed by atoms with Crippen LogP contribution in [0.3, 0.4) is 0 Å². The Hall–Kier alpha value is -1.93. The molecule has 2 amide bonds. The first kappa shape index (κ1) is 14.5. The highest BCUT2D eigenvalue weighted by Crippen LogP contribution is 2.17. The molecule has 7 nitrogen and oxygen atoms in total. The minimum atomic E-state index is -3.70. The maximum atomic E-state index is 12.3. The molecule has 1 aliphatic rings. The molecule has 2 N–H and O–H groups in total. The molecule has 0 atom stereocenters. The highest BCUT2D eigenvalue weighted by molar-refractivity contribution is 7.89. The number of nitrogens with zero attached hydrogens (tertiary/aromatic N) is 1. The Labute approximate surface area is 117 Å². The molecule has 1 aliphatic heterocycles. The van der Waals surface area contributed by atoms with Crippen molar-refractivity contribution < 1.29 is 18.0 Å². The Bertz CT molecular complexity index is 625. The van der Waals surface area contributed by atoms with Crippen molar-refractivity contribution in [3.05, 3.63) is 29.8 Å². The smallest absolute Gasteiger partial charge is 0.251 e. The van der Waals surface area contributed by atoms with E-state index in [1.807, 2.05) is 0 Å². The van der Waals surface area contributed by atoms with E-state index in [-0.39, 0.29) is 29.8 Å². The summed E-state index contributed by atoms with van der Waals surface area (Å²) in [5, 5.41) is 5.03. The molecule has 0 bridgehead atoms. The van der Waals surface area contributed by atoms with Crippen LogP contribution in [0.4, 0.5) is 0 Å². The van der Waals surface area contributed by atoms with Gasteiger partial charge < -0.3 is 10.6 Å². The van der Waals surface area contributed by atoms with Crippen LogP contribution in [0.1, 0.15) is 10.4 Å². The molecule has 1 saturated heterocycles. The molecule has 1 heterocycles. The van der Waals surface area contributed by atoms with Crippen molar-refractivity contribution in [3.63, 3.8) is 0 Å². The van der Waals surface area contributed by atoms with Crippen LogP contribution in [0.25, 0.3) is 0 Å². The average molecular weight is 297 g/mol. The first-order valence-corrected chi connectivity index (χ1v) is 7.48. The molecule has 2 rings (SSSR count). The molecular formula is C12H15N3O4S. The van der Waals surface area contributed by atoms with Gasteiger partial charge in [0, 0.05) is 25.7 Å². The van der Waals surface area contributed by atoms with E-state index in [2.05, 4.69) is 10.6 Å². The van der Waals surface area contributed by atoms with Crippen molar-refractivity contribution in [1.29, 1.82) is 0 Å². The molecular weight excluding hydrogens is 282 g/mol. The first-order chi connectivity index (χ1) is 9.45. The van der Waals surface area contributed by atoms with Gasteiger partial charge in [-0.05, 0) is 24.3 Å². The van der Waals surface area contributed by atoms with Crippen LogP contribution >= 0.6 is 0 Å². The van der Waals surface area contributed by atoms with Gasteiger partial charge in [0.15, 0.2) is 0 Å². The summed E-state index contributed by atoms with van der Waals surface area (Å²) in [7, 11) is -2.20. The zero-order chi connectivity index (χ0) is 14.8. The first-order valence-electron chi connectivity index (χ1n) is 6.04. The molecule has 0 spiro atoms. The highest BCUT2D eigenvalue weighted by atomic mass is 32.2. The Kier molecular flexibility index (Phi) is 4.05. The van der Waals surface area contributed by atoms with Gasteiger partial charge >= 0.3 is 0 Å². The predicted molar refractivity (Wildman–Crippen MR) is 71.6 cm³/mol. The molecule has 8 heteroatoms. The molecule has 108 valence electrons. The summed E-state index contributed by atoms with van der Waals surface area (Å²) in [6, 6.07) is 5.62. The number of sulfonamides is 1. The summed E-state index contributed by atoms with van der Waals surface area (Å²) in [4.78, 5) is 22.7. The number of carbonyl (C=O) groups excluding carboxylic acids is 2. The minimum Gasteiger partial charge on any atom is -0.355 e. The Balaban J connectivity index is 2.25. The number of nitrogens with one attached hydrogen (secondary N) is 2. The van der Waals surface area contributed by atoms with Gasteiger partial charge in [0.2, 0.25) is 15.9 Å². The van der Waals surface area contributed by atoms with Gasteiger partial charge in [-0.25, -0.2) is 8.42 Å². The van der Waals surface area contributed by atoms with E-state index in [9.17, 15) is 18.0 Å². The number of rotatable bonds is 3. The van der Waals surface area contributed by atoms with E-state index in [0.717, 1.165) is 4.31 Å². The second-order valence-corrected chi connectivity index (χ2v) is 6.23. The largest absolute Gasteiger partial charge is 0.355 e. The molecule has 0 saturated carbocycles.